The van der Waals surface area contributed by atoms with Crippen LogP contribution < -0.4 is 5.32 Å². The lowest BCUT2D eigenvalue weighted by atomic mass is 10.0. The van der Waals surface area contributed by atoms with Gasteiger partial charge in [-0.2, -0.15) is 0 Å². The highest BCUT2D eigenvalue weighted by molar-refractivity contribution is 7.99. The molecule has 1 atom stereocenters. The van der Waals surface area contributed by atoms with E-state index in [-0.39, 0.29) is 17.9 Å². The Bertz CT molecular complexity index is 1040. The number of benzene rings is 3. The predicted molar refractivity (Wildman–Crippen MR) is 141 cm³/mol. The number of nitrogens with zero attached hydrogens (tertiary/aromatic N) is 1. The zero-order valence-corrected chi connectivity index (χ0v) is 21.1. The summed E-state index contributed by atoms with van der Waals surface area (Å²) in [4.78, 5) is 29.8. The third-order valence-electron chi connectivity index (χ3n) is 5.50. The van der Waals surface area contributed by atoms with E-state index in [9.17, 15) is 9.59 Å². The first kappa shape index (κ1) is 25.6. The number of carbonyl (C=O) groups is 2. The second-order valence-corrected chi connectivity index (χ2v) is 9.96. The van der Waals surface area contributed by atoms with E-state index in [4.69, 9.17) is 0 Å². The first-order chi connectivity index (χ1) is 16.4. The third-order valence-corrected chi connectivity index (χ3v) is 6.52. The van der Waals surface area contributed by atoms with Crippen LogP contribution in [0.25, 0.3) is 0 Å². The molecule has 34 heavy (non-hydrogen) atoms. The van der Waals surface area contributed by atoms with Crippen LogP contribution in [0.4, 0.5) is 0 Å². The largest absolute Gasteiger partial charge is 0.352 e. The average molecular weight is 475 g/mol. The number of rotatable bonds is 11. The maximum Gasteiger partial charge on any atom is 0.243 e. The molecule has 3 aromatic carbocycles. The Morgan fingerprint density at radius 3 is 2.03 bits per heavy atom. The zero-order valence-electron chi connectivity index (χ0n) is 20.2. The van der Waals surface area contributed by atoms with Gasteiger partial charge in [0.25, 0.3) is 0 Å². The summed E-state index contributed by atoms with van der Waals surface area (Å²) in [6.45, 7) is 6.35. The van der Waals surface area contributed by atoms with Crippen molar-refractivity contribution in [1.82, 2.24) is 10.2 Å². The van der Waals surface area contributed by atoms with Crippen LogP contribution in [0.2, 0.25) is 0 Å². The summed E-state index contributed by atoms with van der Waals surface area (Å²) < 4.78 is 0. The van der Waals surface area contributed by atoms with E-state index in [2.05, 4.69) is 36.5 Å². The van der Waals surface area contributed by atoms with E-state index in [0.29, 0.717) is 25.1 Å². The van der Waals surface area contributed by atoms with Crippen molar-refractivity contribution in [3.8, 4) is 0 Å². The molecule has 0 aromatic heterocycles. The molecule has 0 aliphatic carbocycles. The number of amides is 2. The Morgan fingerprint density at radius 2 is 1.44 bits per heavy atom. The fourth-order valence-electron chi connectivity index (χ4n) is 3.75. The highest BCUT2D eigenvalue weighted by Gasteiger charge is 2.30. The summed E-state index contributed by atoms with van der Waals surface area (Å²) in [5.41, 5.74) is 3.26. The van der Waals surface area contributed by atoms with Crippen molar-refractivity contribution in [3.05, 3.63) is 102 Å². The molecule has 0 bridgehead atoms. The molecule has 2 amide bonds. The minimum absolute atomic E-state index is 0.00320. The summed E-state index contributed by atoms with van der Waals surface area (Å²) in [6.07, 6.45) is 0.842. The molecule has 0 aliphatic heterocycles. The van der Waals surface area contributed by atoms with Gasteiger partial charge < -0.3 is 10.2 Å². The molecule has 0 radical (unpaired) electrons. The fraction of sp³-hybridized carbons (Fsp3) is 0.310. The molecule has 1 unspecified atom stereocenters. The smallest absolute Gasteiger partial charge is 0.243 e. The average Bonchev–Trinajstić information content (AvgIpc) is 2.83. The van der Waals surface area contributed by atoms with Crippen molar-refractivity contribution in [2.75, 3.05) is 5.75 Å². The summed E-state index contributed by atoms with van der Waals surface area (Å²) in [7, 11) is 0. The standard InChI is InChI=1S/C29H34N2O2S/c1-22(2)30-29(33)27(20-24-10-6-4-7-11-24)31(21-25-12-8-5-9-13-25)28(32)18-19-34-26-16-14-23(3)15-17-26/h4-17,22,27H,18-21H2,1-3H3,(H,30,33). The molecular weight excluding hydrogens is 440 g/mol. The normalized spacial score (nSPS) is 11.8. The lowest BCUT2D eigenvalue weighted by Gasteiger charge is -2.32. The van der Waals surface area contributed by atoms with E-state index >= 15 is 0 Å². The van der Waals surface area contributed by atoms with Gasteiger partial charge in [0.05, 0.1) is 0 Å². The summed E-state index contributed by atoms with van der Waals surface area (Å²) in [6, 6.07) is 27.5. The highest BCUT2D eigenvalue weighted by Crippen LogP contribution is 2.21. The molecule has 0 fully saturated rings. The van der Waals surface area contributed by atoms with Crippen LogP contribution in [-0.4, -0.2) is 34.6 Å². The Kier molecular flexibility index (Phi) is 9.77. The number of aryl methyl sites for hydroxylation is 1. The number of carbonyl (C=O) groups excluding carboxylic acids is 2. The van der Waals surface area contributed by atoms with Crippen molar-refractivity contribution in [3.63, 3.8) is 0 Å². The fourth-order valence-corrected chi connectivity index (χ4v) is 4.59. The van der Waals surface area contributed by atoms with Crippen molar-refractivity contribution in [2.24, 2.45) is 0 Å². The van der Waals surface area contributed by atoms with Gasteiger partial charge >= 0.3 is 0 Å². The van der Waals surface area contributed by atoms with Crippen LogP contribution in [0.1, 0.15) is 37.0 Å². The first-order valence-electron chi connectivity index (χ1n) is 11.8. The summed E-state index contributed by atoms with van der Waals surface area (Å²) >= 11 is 1.67. The van der Waals surface area contributed by atoms with Crippen LogP contribution in [-0.2, 0) is 22.6 Å². The van der Waals surface area contributed by atoms with Gasteiger partial charge in [-0.05, 0) is 44.0 Å². The Balaban J connectivity index is 1.81. The van der Waals surface area contributed by atoms with Crippen molar-refractivity contribution in [2.45, 2.75) is 57.1 Å². The van der Waals surface area contributed by atoms with Gasteiger partial charge in [0, 0.05) is 36.1 Å². The van der Waals surface area contributed by atoms with E-state index in [1.165, 1.54) is 5.56 Å². The molecule has 5 heteroatoms. The molecule has 3 aromatic rings. The topological polar surface area (TPSA) is 49.4 Å². The second kappa shape index (κ2) is 13.0. The van der Waals surface area contributed by atoms with Gasteiger partial charge in [-0.1, -0.05) is 78.4 Å². The minimum Gasteiger partial charge on any atom is -0.352 e. The maximum absolute atomic E-state index is 13.5. The van der Waals surface area contributed by atoms with Gasteiger partial charge in [0.15, 0.2) is 0 Å². The van der Waals surface area contributed by atoms with E-state index in [1.54, 1.807) is 16.7 Å². The van der Waals surface area contributed by atoms with Gasteiger partial charge in [0.1, 0.15) is 6.04 Å². The maximum atomic E-state index is 13.5. The SMILES string of the molecule is Cc1ccc(SCCC(=O)N(Cc2ccccc2)C(Cc2ccccc2)C(=O)NC(C)C)cc1. The quantitative estimate of drug-likeness (QED) is 0.366. The molecule has 0 saturated heterocycles. The molecule has 4 nitrogen and oxygen atoms in total. The second-order valence-electron chi connectivity index (χ2n) is 8.79. The van der Waals surface area contributed by atoms with E-state index in [1.807, 2.05) is 74.5 Å². The lowest BCUT2D eigenvalue weighted by molar-refractivity contribution is -0.141. The highest BCUT2D eigenvalue weighted by atomic mass is 32.2. The van der Waals surface area contributed by atoms with Gasteiger partial charge in [0.2, 0.25) is 11.8 Å². The van der Waals surface area contributed by atoms with Crippen molar-refractivity contribution < 1.29 is 9.59 Å². The third kappa shape index (κ3) is 8.07. The minimum atomic E-state index is -0.582. The predicted octanol–water partition coefficient (Wildman–Crippen LogP) is 5.64. The van der Waals surface area contributed by atoms with E-state index < -0.39 is 6.04 Å². The van der Waals surface area contributed by atoms with Gasteiger partial charge in [-0.3, -0.25) is 9.59 Å². The van der Waals surface area contributed by atoms with Crippen LogP contribution in [0.3, 0.4) is 0 Å². The van der Waals surface area contributed by atoms with E-state index in [0.717, 1.165) is 16.0 Å². The Hall–Kier alpha value is -3.05. The number of thioether (sulfide) groups is 1. The number of hydrogen-bond donors (Lipinski definition) is 1. The molecule has 3 rings (SSSR count). The van der Waals surface area contributed by atoms with Crippen LogP contribution in [0.15, 0.2) is 89.8 Å². The van der Waals surface area contributed by atoms with Crippen LogP contribution in [0, 0.1) is 6.92 Å². The molecule has 0 heterocycles. The van der Waals surface area contributed by atoms with Crippen molar-refractivity contribution >= 4 is 23.6 Å². The lowest BCUT2D eigenvalue weighted by Crippen LogP contribution is -2.51. The molecule has 0 saturated carbocycles. The van der Waals surface area contributed by atoms with Crippen LogP contribution >= 0.6 is 11.8 Å². The van der Waals surface area contributed by atoms with Crippen LogP contribution in [0.5, 0.6) is 0 Å². The first-order valence-corrected chi connectivity index (χ1v) is 12.8. The molecular formula is C29H34N2O2S. The zero-order chi connectivity index (χ0) is 24.3. The Morgan fingerprint density at radius 1 is 0.853 bits per heavy atom. The van der Waals surface area contributed by atoms with Gasteiger partial charge in [-0.15, -0.1) is 11.8 Å². The number of hydrogen-bond acceptors (Lipinski definition) is 3. The molecule has 0 aliphatic rings. The van der Waals surface area contributed by atoms with Crippen molar-refractivity contribution in [1.29, 1.82) is 0 Å². The summed E-state index contributed by atoms with van der Waals surface area (Å²) in [5, 5.41) is 3.03. The Labute approximate surface area is 207 Å². The molecule has 0 spiro atoms. The summed E-state index contributed by atoms with van der Waals surface area (Å²) in [5.74, 6) is 0.537. The monoisotopic (exact) mass is 474 g/mol. The number of nitrogens with one attached hydrogen (secondary N) is 1. The molecule has 1 N–H and O–H groups in total. The van der Waals surface area contributed by atoms with Gasteiger partial charge in [-0.25, -0.2) is 0 Å². The molecule has 178 valence electrons.